The van der Waals surface area contributed by atoms with Gasteiger partial charge in [-0.15, -0.1) is 0 Å². The molecule has 8 heteroatoms. The number of halogens is 1. The first-order chi connectivity index (χ1) is 15.4. The monoisotopic (exact) mass is 509 g/mol. The Morgan fingerprint density at radius 1 is 1.16 bits per heavy atom. The first kappa shape index (κ1) is 25.0. The molecular weight excluding hydrogens is 474 g/mol. The molecule has 178 valence electrons. The Morgan fingerprint density at radius 2 is 1.84 bits per heavy atom. The lowest BCUT2D eigenvalue weighted by Crippen LogP contribution is -2.54. The summed E-state index contributed by atoms with van der Waals surface area (Å²) in [5.41, 5.74) is 1.05. The first-order valence-corrected chi connectivity index (χ1v) is 12.5. The van der Waals surface area contributed by atoms with Crippen LogP contribution in [0.4, 0.5) is 0 Å². The van der Waals surface area contributed by atoms with Crippen molar-refractivity contribution in [1.82, 2.24) is 14.7 Å². The van der Waals surface area contributed by atoms with Crippen LogP contribution in [0.5, 0.6) is 5.75 Å². The van der Waals surface area contributed by atoms with Gasteiger partial charge in [0.25, 0.3) is 0 Å². The molecule has 1 amide bonds. The summed E-state index contributed by atoms with van der Waals surface area (Å²) >= 11 is 3.35. The van der Waals surface area contributed by atoms with Crippen molar-refractivity contribution in [3.05, 3.63) is 28.2 Å². The number of benzene rings is 1. The summed E-state index contributed by atoms with van der Waals surface area (Å²) in [6.07, 6.45) is 3.18. The molecule has 2 saturated heterocycles. The Labute approximate surface area is 199 Å². The van der Waals surface area contributed by atoms with Crippen LogP contribution in [0.25, 0.3) is 0 Å². The van der Waals surface area contributed by atoms with Crippen LogP contribution in [0.3, 0.4) is 0 Å². The Balaban J connectivity index is 1.38. The summed E-state index contributed by atoms with van der Waals surface area (Å²) in [7, 11) is 0. The lowest BCUT2D eigenvalue weighted by atomic mass is 9.97. The number of hydrogen-bond donors (Lipinski definition) is 1. The van der Waals surface area contributed by atoms with E-state index < -0.39 is 0 Å². The van der Waals surface area contributed by atoms with Crippen molar-refractivity contribution in [2.24, 2.45) is 5.92 Å². The quantitative estimate of drug-likeness (QED) is 0.543. The molecule has 2 aliphatic rings. The highest BCUT2D eigenvalue weighted by molar-refractivity contribution is 9.10. The number of phenols is 1. The zero-order chi connectivity index (χ0) is 23.1. The van der Waals surface area contributed by atoms with E-state index in [1.54, 1.807) is 6.07 Å². The molecule has 0 aromatic heterocycles. The average Bonchev–Trinajstić information content (AvgIpc) is 2.80. The SMILES string of the molecule is CCOC(=O)CCN1CCN(C2CCN(C(=O)[C@H](C)Cc3ccc(O)c(Br)c3)CC2)CC1. The van der Waals surface area contributed by atoms with Crippen molar-refractivity contribution in [3.8, 4) is 5.75 Å². The highest BCUT2D eigenvalue weighted by Crippen LogP contribution is 2.26. The molecule has 0 aliphatic carbocycles. The second kappa shape index (κ2) is 12.0. The van der Waals surface area contributed by atoms with E-state index in [4.69, 9.17) is 4.74 Å². The Kier molecular flexibility index (Phi) is 9.37. The van der Waals surface area contributed by atoms with Crippen LogP contribution in [0.2, 0.25) is 0 Å². The highest BCUT2D eigenvalue weighted by atomic mass is 79.9. The van der Waals surface area contributed by atoms with Crippen molar-refractivity contribution >= 4 is 27.8 Å². The Hall–Kier alpha value is -1.64. The summed E-state index contributed by atoms with van der Waals surface area (Å²) in [5.74, 6) is 0.247. The summed E-state index contributed by atoms with van der Waals surface area (Å²) in [4.78, 5) is 31.4. The Bertz CT molecular complexity index is 775. The number of hydrogen-bond acceptors (Lipinski definition) is 6. The van der Waals surface area contributed by atoms with E-state index in [-0.39, 0.29) is 23.5 Å². The molecule has 7 nitrogen and oxygen atoms in total. The number of amides is 1. The fourth-order valence-corrected chi connectivity index (χ4v) is 5.14. The molecular formula is C24H36BrN3O4. The van der Waals surface area contributed by atoms with E-state index in [1.807, 2.05) is 30.9 Å². The van der Waals surface area contributed by atoms with Gasteiger partial charge in [0.2, 0.25) is 5.91 Å². The molecule has 32 heavy (non-hydrogen) atoms. The Morgan fingerprint density at radius 3 is 2.47 bits per heavy atom. The fourth-order valence-electron chi connectivity index (χ4n) is 4.72. The second-order valence-electron chi connectivity index (χ2n) is 8.88. The van der Waals surface area contributed by atoms with Crippen molar-refractivity contribution < 1.29 is 19.4 Å². The van der Waals surface area contributed by atoms with E-state index in [9.17, 15) is 14.7 Å². The van der Waals surface area contributed by atoms with E-state index in [0.717, 1.165) is 64.2 Å². The summed E-state index contributed by atoms with van der Waals surface area (Å²) in [6.45, 7) is 10.7. The number of esters is 1. The smallest absolute Gasteiger partial charge is 0.307 e. The van der Waals surface area contributed by atoms with Crippen LogP contribution in [-0.4, -0.2) is 90.1 Å². The zero-order valence-corrected chi connectivity index (χ0v) is 20.8. The normalized spacial score (nSPS) is 19.7. The lowest BCUT2D eigenvalue weighted by molar-refractivity contribution is -0.143. The van der Waals surface area contributed by atoms with Gasteiger partial charge >= 0.3 is 5.97 Å². The molecule has 2 aliphatic heterocycles. The maximum atomic E-state index is 13.0. The predicted molar refractivity (Wildman–Crippen MR) is 128 cm³/mol. The van der Waals surface area contributed by atoms with Gasteiger partial charge in [-0.2, -0.15) is 0 Å². The van der Waals surface area contributed by atoms with Gasteiger partial charge < -0.3 is 19.6 Å². The van der Waals surface area contributed by atoms with Crippen LogP contribution in [0.1, 0.15) is 38.7 Å². The molecule has 1 aromatic carbocycles. The third kappa shape index (κ3) is 6.93. The molecule has 0 radical (unpaired) electrons. The number of piperazine rings is 1. The van der Waals surface area contributed by atoms with Crippen molar-refractivity contribution in [1.29, 1.82) is 0 Å². The van der Waals surface area contributed by atoms with Crippen molar-refractivity contribution in [2.75, 3.05) is 52.4 Å². The van der Waals surface area contributed by atoms with Crippen LogP contribution < -0.4 is 0 Å². The number of likely N-dealkylation sites (tertiary alicyclic amines) is 1. The second-order valence-corrected chi connectivity index (χ2v) is 9.73. The first-order valence-electron chi connectivity index (χ1n) is 11.8. The van der Waals surface area contributed by atoms with Gasteiger partial charge in [0.1, 0.15) is 5.75 Å². The van der Waals surface area contributed by atoms with Gasteiger partial charge in [0, 0.05) is 57.8 Å². The number of ether oxygens (including phenoxy) is 1. The summed E-state index contributed by atoms with van der Waals surface area (Å²) < 4.78 is 5.68. The molecule has 1 N–H and O–H groups in total. The van der Waals surface area contributed by atoms with Gasteiger partial charge in [-0.3, -0.25) is 14.5 Å². The average molecular weight is 510 g/mol. The predicted octanol–water partition coefficient (Wildman–Crippen LogP) is 2.90. The zero-order valence-electron chi connectivity index (χ0n) is 19.3. The van der Waals surface area contributed by atoms with Gasteiger partial charge in [-0.25, -0.2) is 0 Å². The number of nitrogens with zero attached hydrogens (tertiary/aromatic N) is 3. The topological polar surface area (TPSA) is 73.3 Å². The molecule has 1 aromatic rings. The minimum atomic E-state index is -0.112. The standard InChI is InChI=1S/C24H36BrN3O4/c1-3-32-23(30)8-9-26-12-14-27(15-13-26)20-6-10-28(11-7-20)24(31)18(2)16-19-4-5-22(29)21(25)17-19/h4-5,17-18,20,29H,3,6-16H2,1-2H3/t18-/m1/s1. The fraction of sp³-hybridized carbons (Fsp3) is 0.667. The number of carbonyl (C=O) groups is 2. The maximum Gasteiger partial charge on any atom is 0.307 e. The van der Waals surface area contributed by atoms with Crippen LogP contribution in [0.15, 0.2) is 22.7 Å². The van der Waals surface area contributed by atoms with E-state index in [1.165, 1.54) is 0 Å². The van der Waals surface area contributed by atoms with Gasteiger partial charge in [-0.05, 0) is 59.8 Å². The minimum absolute atomic E-state index is 0.0778. The maximum absolute atomic E-state index is 13.0. The largest absolute Gasteiger partial charge is 0.507 e. The molecule has 0 spiro atoms. The van der Waals surface area contributed by atoms with Gasteiger partial charge in [0.15, 0.2) is 0 Å². The van der Waals surface area contributed by atoms with E-state index in [2.05, 4.69) is 25.7 Å². The number of aromatic hydroxyl groups is 1. The number of piperidine rings is 1. The molecule has 0 saturated carbocycles. The number of phenolic OH excluding ortho intramolecular Hbond substituents is 1. The van der Waals surface area contributed by atoms with Crippen molar-refractivity contribution in [3.63, 3.8) is 0 Å². The molecule has 3 rings (SSSR count). The van der Waals surface area contributed by atoms with Crippen LogP contribution in [0, 0.1) is 5.92 Å². The number of carbonyl (C=O) groups excluding carboxylic acids is 2. The minimum Gasteiger partial charge on any atom is -0.507 e. The number of rotatable bonds is 8. The van der Waals surface area contributed by atoms with Gasteiger partial charge in [0.05, 0.1) is 17.5 Å². The summed E-state index contributed by atoms with van der Waals surface area (Å²) in [5, 5.41) is 9.66. The molecule has 0 unspecified atom stereocenters. The van der Waals surface area contributed by atoms with Crippen LogP contribution in [-0.2, 0) is 20.7 Å². The molecule has 2 fully saturated rings. The van der Waals surface area contributed by atoms with Crippen LogP contribution >= 0.6 is 15.9 Å². The third-order valence-electron chi connectivity index (χ3n) is 6.61. The summed E-state index contributed by atoms with van der Waals surface area (Å²) in [6, 6.07) is 5.97. The molecule has 2 heterocycles. The highest BCUT2D eigenvalue weighted by Gasteiger charge is 2.30. The van der Waals surface area contributed by atoms with Crippen molar-refractivity contribution in [2.45, 2.75) is 45.6 Å². The third-order valence-corrected chi connectivity index (χ3v) is 7.25. The van der Waals surface area contributed by atoms with E-state index in [0.29, 0.717) is 30.0 Å². The molecule has 0 bridgehead atoms. The van der Waals surface area contributed by atoms with E-state index >= 15 is 0 Å². The van der Waals surface area contributed by atoms with Gasteiger partial charge in [-0.1, -0.05) is 13.0 Å². The molecule has 1 atom stereocenters. The lowest BCUT2D eigenvalue weighted by Gasteiger charge is -2.43.